The molecule has 1 saturated carbocycles. The van der Waals surface area contributed by atoms with E-state index in [9.17, 15) is 9.59 Å². The van der Waals surface area contributed by atoms with E-state index in [0.29, 0.717) is 24.3 Å². The van der Waals surface area contributed by atoms with E-state index in [0.717, 1.165) is 12.8 Å². The van der Waals surface area contributed by atoms with Crippen molar-refractivity contribution in [2.45, 2.75) is 31.7 Å². The van der Waals surface area contributed by atoms with E-state index in [-0.39, 0.29) is 11.9 Å². The molecule has 5 nitrogen and oxygen atoms in total. The van der Waals surface area contributed by atoms with Crippen LogP contribution in [0.3, 0.4) is 0 Å². The van der Waals surface area contributed by atoms with Gasteiger partial charge in [-0.05, 0) is 18.9 Å². The second-order valence-electron chi connectivity index (χ2n) is 4.56. The second kappa shape index (κ2) is 4.69. The summed E-state index contributed by atoms with van der Waals surface area (Å²) in [4.78, 5) is 25.0. The normalized spacial score (nSPS) is 17.2. The lowest BCUT2D eigenvalue weighted by molar-refractivity contribution is -0.121. The molecule has 0 spiro atoms. The summed E-state index contributed by atoms with van der Waals surface area (Å²) in [5, 5.41) is 4.10. The molecule has 0 N–H and O–H groups in total. The Kier molecular flexibility index (Phi) is 3.26. The molecule has 1 amide bonds. The maximum atomic E-state index is 12.1. The maximum absolute atomic E-state index is 12.1. The number of Topliss-reactive ketones (excluding diaryl/α,β-unsaturated/α-hetero) is 1. The summed E-state index contributed by atoms with van der Waals surface area (Å²) in [7, 11) is 3.58. The second-order valence-corrected chi connectivity index (χ2v) is 4.56. The van der Waals surface area contributed by atoms with Gasteiger partial charge in [0.2, 0.25) is 0 Å². The molecule has 0 aromatic carbocycles. The number of hydrogen-bond donors (Lipinski definition) is 0. The predicted octanol–water partition coefficient (Wildman–Crippen LogP) is 1.00. The summed E-state index contributed by atoms with van der Waals surface area (Å²) in [5.74, 6) is 0.241. The molecule has 0 unspecified atom stereocenters. The molecule has 2 rings (SSSR count). The van der Waals surface area contributed by atoms with Gasteiger partial charge in [0.15, 0.2) is 0 Å². The van der Waals surface area contributed by atoms with Crippen LogP contribution in [0.1, 0.15) is 36.2 Å². The van der Waals surface area contributed by atoms with Crippen LogP contribution in [0.15, 0.2) is 12.3 Å². The van der Waals surface area contributed by atoms with Gasteiger partial charge in [0.1, 0.15) is 11.5 Å². The van der Waals surface area contributed by atoms with E-state index in [4.69, 9.17) is 0 Å². The van der Waals surface area contributed by atoms with Gasteiger partial charge in [-0.2, -0.15) is 5.10 Å². The van der Waals surface area contributed by atoms with Gasteiger partial charge in [-0.25, -0.2) is 0 Å². The summed E-state index contributed by atoms with van der Waals surface area (Å²) in [6.45, 7) is 0. The standard InChI is InChI=1S/C12H17N3O2/c1-14-8-7-11(13-14)12(17)15(2)9-3-5-10(16)6-4-9/h7-9H,3-6H2,1-2H3. The zero-order valence-corrected chi connectivity index (χ0v) is 10.2. The van der Waals surface area contributed by atoms with Gasteiger partial charge in [-0.3, -0.25) is 14.3 Å². The Morgan fingerprint density at radius 3 is 2.65 bits per heavy atom. The third kappa shape index (κ3) is 2.54. The summed E-state index contributed by atoms with van der Waals surface area (Å²) in [5.41, 5.74) is 0.465. The fourth-order valence-electron chi connectivity index (χ4n) is 2.19. The first-order valence-electron chi connectivity index (χ1n) is 5.86. The number of aromatic nitrogens is 2. The van der Waals surface area contributed by atoms with E-state index in [2.05, 4.69) is 5.10 Å². The van der Waals surface area contributed by atoms with Crippen molar-refractivity contribution in [2.24, 2.45) is 7.05 Å². The maximum Gasteiger partial charge on any atom is 0.274 e. The minimum absolute atomic E-state index is 0.0649. The van der Waals surface area contributed by atoms with Crippen LogP contribution < -0.4 is 0 Å². The Morgan fingerprint density at radius 1 is 1.47 bits per heavy atom. The average Bonchev–Trinajstić information content (AvgIpc) is 2.75. The molecule has 0 bridgehead atoms. The molecular formula is C12H17N3O2. The number of carbonyl (C=O) groups excluding carboxylic acids is 2. The highest BCUT2D eigenvalue weighted by Crippen LogP contribution is 2.20. The Morgan fingerprint density at radius 2 is 2.12 bits per heavy atom. The number of nitrogens with zero attached hydrogens (tertiary/aromatic N) is 3. The Balaban J connectivity index is 2.02. The van der Waals surface area contributed by atoms with Crippen molar-refractivity contribution in [1.29, 1.82) is 0 Å². The zero-order chi connectivity index (χ0) is 12.4. The van der Waals surface area contributed by atoms with E-state index in [1.54, 1.807) is 35.9 Å². The monoisotopic (exact) mass is 235 g/mol. The van der Waals surface area contributed by atoms with Crippen molar-refractivity contribution < 1.29 is 9.59 Å². The van der Waals surface area contributed by atoms with Crippen molar-refractivity contribution in [3.63, 3.8) is 0 Å². The molecule has 1 fully saturated rings. The third-order valence-corrected chi connectivity index (χ3v) is 3.31. The highest BCUT2D eigenvalue weighted by Gasteiger charge is 2.26. The number of carbonyl (C=O) groups is 2. The lowest BCUT2D eigenvalue weighted by atomic mass is 9.93. The van der Waals surface area contributed by atoms with Crippen molar-refractivity contribution >= 4 is 11.7 Å². The van der Waals surface area contributed by atoms with Crippen LogP contribution in [0, 0.1) is 0 Å². The van der Waals surface area contributed by atoms with Gasteiger partial charge in [0.05, 0.1) is 0 Å². The summed E-state index contributed by atoms with van der Waals surface area (Å²) in [6.07, 6.45) is 4.47. The van der Waals surface area contributed by atoms with Gasteiger partial charge in [0.25, 0.3) is 5.91 Å². The van der Waals surface area contributed by atoms with E-state index in [1.165, 1.54) is 0 Å². The third-order valence-electron chi connectivity index (χ3n) is 3.31. The zero-order valence-electron chi connectivity index (χ0n) is 10.2. The van der Waals surface area contributed by atoms with E-state index >= 15 is 0 Å². The highest BCUT2D eigenvalue weighted by atomic mass is 16.2. The molecule has 0 radical (unpaired) electrons. The van der Waals surface area contributed by atoms with Gasteiger partial charge < -0.3 is 4.90 Å². The van der Waals surface area contributed by atoms with Crippen LogP contribution in [0.4, 0.5) is 0 Å². The molecule has 0 aliphatic heterocycles. The Labute approximate surface area is 100 Å². The number of rotatable bonds is 2. The summed E-state index contributed by atoms with van der Waals surface area (Å²) in [6, 6.07) is 1.88. The van der Waals surface area contributed by atoms with Crippen LogP contribution in [0.5, 0.6) is 0 Å². The van der Waals surface area contributed by atoms with Crippen molar-refractivity contribution in [2.75, 3.05) is 7.05 Å². The van der Waals surface area contributed by atoms with E-state index in [1.807, 2.05) is 0 Å². The SMILES string of the molecule is CN(C(=O)c1ccn(C)n1)C1CCC(=O)CC1. The molecule has 1 aromatic rings. The molecule has 1 heterocycles. The molecule has 17 heavy (non-hydrogen) atoms. The average molecular weight is 235 g/mol. The van der Waals surface area contributed by atoms with Crippen molar-refractivity contribution in [3.8, 4) is 0 Å². The van der Waals surface area contributed by atoms with Gasteiger partial charge in [0, 0.05) is 39.2 Å². The fraction of sp³-hybridized carbons (Fsp3) is 0.583. The summed E-state index contributed by atoms with van der Waals surface area (Å²) >= 11 is 0. The van der Waals surface area contributed by atoms with Crippen molar-refractivity contribution in [1.82, 2.24) is 14.7 Å². The molecule has 1 aromatic heterocycles. The molecular weight excluding hydrogens is 218 g/mol. The lowest BCUT2D eigenvalue weighted by Gasteiger charge is -2.30. The van der Waals surface area contributed by atoms with E-state index < -0.39 is 0 Å². The first-order valence-corrected chi connectivity index (χ1v) is 5.86. The first-order chi connectivity index (χ1) is 8.08. The molecule has 1 aliphatic carbocycles. The van der Waals surface area contributed by atoms with Gasteiger partial charge in [-0.15, -0.1) is 0 Å². The minimum Gasteiger partial charge on any atom is -0.337 e. The Bertz CT molecular complexity index is 429. The molecule has 5 heteroatoms. The smallest absolute Gasteiger partial charge is 0.274 e. The predicted molar refractivity (Wildman–Crippen MR) is 62.6 cm³/mol. The number of hydrogen-bond acceptors (Lipinski definition) is 3. The Hall–Kier alpha value is -1.65. The minimum atomic E-state index is -0.0649. The number of amides is 1. The first kappa shape index (κ1) is 11.8. The fourth-order valence-corrected chi connectivity index (χ4v) is 2.19. The van der Waals surface area contributed by atoms with Gasteiger partial charge >= 0.3 is 0 Å². The molecule has 0 saturated heterocycles. The largest absolute Gasteiger partial charge is 0.337 e. The number of aryl methyl sites for hydroxylation is 1. The van der Waals surface area contributed by atoms with Crippen LogP contribution in [-0.4, -0.2) is 39.5 Å². The van der Waals surface area contributed by atoms with Crippen molar-refractivity contribution in [3.05, 3.63) is 18.0 Å². The highest BCUT2D eigenvalue weighted by molar-refractivity contribution is 5.92. The number of ketones is 1. The van der Waals surface area contributed by atoms with Crippen LogP contribution in [0.2, 0.25) is 0 Å². The van der Waals surface area contributed by atoms with Crippen LogP contribution in [-0.2, 0) is 11.8 Å². The molecule has 92 valence electrons. The lowest BCUT2D eigenvalue weighted by Crippen LogP contribution is -2.39. The van der Waals surface area contributed by atoms with Gasteiger partial charge in [-0.1, -0.05) is 0 Å². The topological polar surface area (TPSA) is 55.2 Å². The quantitative estimate of drug-likeness (QED) is 0.768. The molecule has 1 aliphatic rings. The summed E-state index contributed by atoms with van der Waals surface area (Å²) < 4.78 is 1.62. The molecule has 0 atom stereocenters. The van der Waals surface area contributed by atoms with Crippen LogP contribution >= 0.6 is 0 Å². The van der Waals surface area contributed by atoms with Crippen LogP contribution in [0.25, 0.3) is 0 Å².